The van der Waals surface area contributed by atoms with E-state index in [0.717, 1.165) is 4.90 Å². The molecule has 1 aliphatic rings. The minimum absolute atomic E-state index is 0.0460. The molecular formula is C27H21N3O8. The number of para-hydroxylation sites is 1. The van der Waals surface area contributed by atoms with Gasteiger partial charge in [0.1, 0.15) is 17.9 Å². The number of anilines is 1. The average Bonchev–Trinajstić information content (AvgIpc) is 2.91. The van der Waals surface area contributed by atoms with E-state index in [1.807, 2.05) is 0 Å². The van der Waals surface area contributed by atoms with Crippen LogP contribution in [0, 0.1) is 10.1 Å². The lowest BCUT2D eigenvalue weighted by Gasteiger charge is -2.26. The number of hydrogen-bond donors (Lipinski definition) is 1. The number of nitro groups is 1. The maximum Gasteiger partial charge on any atom is 0.338 e. The van der Waals surface area contributed by atoms with Crippen molar-refractivity contribution in [2.75, 3.05) is 11.5 Å². The molecule has 11 heteroatoms. The van der Waals surface area contributed by atoms with Gasteiger partial charge in [-0.05, 0) is 61.0 Å². The molecule has 1 N–H and O–H groups in total. The lowest BCUT2D eigenvalue weighted by molar-refractivity contribution is -0.384. The fourth-order valence-electron chi connectivity index (χ4n) is 3.61. The molecule has 4 amide bonds. The highest BCUT2D eigenvalue weighted by atomic mass is 16.6. The van der Waals surface area contributed by atoms with Crippen LogP contribution in [0.1, 0.15) is 28.4 Å². The van der Waals surface area contributed by atoms with Crippen LogP contribution < -0.4 is 15.0 Å². The van der Waals surface area contributed by atoms with Crippen LogP contribution >= 0.6 is 0 Å². The molecular weight excluding hydrogens is 494 g/mol. The van der Waals surface area contributed by atoms with Crippen LogP contribution in [0.3, 0.4) is 0 Å². The molecule has 3 aromatic rings. The number of imide groups is 2. The number of urea groups is 1. The van der Waals surface area contributed by atoms with Crippen molar-refractivity contribution in [1.82, 2.24) is 5.32 Å². The first-order valence-corrected chi connectivity index (χ1v) is 11.4. The third kappa shape index (κ3) is 5.57. The summed E-state index contributed by atoms with van der Waals surface area (Å²) in [5.41, 5.74) is 1.13. The molecule has 0 saturated carbocycles. The molecule has 0 aromatic heterocycles. The van der Waals surface area contributed by atoms with Gasteiger partial charge in [0.05, 0.1) is 22.8 Å². The summed E-state index contributed by atoms with van der Waals surface area (Å²) in [6.45, 7) is 1.95. The van der Waals surface area contributed by atoms with Crippen molar-refractivity contribution in [3.63, 3.8) is 0 Å². The van der Waals surface area contributed by atoms with Crippen molar-refractivity contribution in [2.24, 2.45) is 0 Å². The summed E-state index contributed by atoms with van der Waals surface area (Å²) in [6, 6.07) is 17.2. The fraction of sp³-hybridized carbons (Fsp3) is 0.111. The van der Waals surface area contributed by atoms with Gasteiger partial charge in [0.15, 0.2) is 0 Å². The number of hydrogen-bond acceptors (Lipinski definition) is 8. The van der Waals surface area contributed by atoms with Crippen molar-refractivity contribution in [3.8, 4) is 5.75 Å². The summed E-state index contributed by atoms with van der Waals surface area (Å²) in [5.74, 6) is -1.92. The lowest BCUT2D eigenvalue weighted by atomic mass is 10.1. The summed E-state index contributed by atoms with van der Waals surface area (Å²) in [4.78, 5) is 61.4. The number of nitrogens with one attached hydrogen (secondary N) is 1. The third-order valence-corrected chi connectivity index (χ3v) is 5.50. The highest BCUT2D eigenvalue weighted by Gasteiger charge is 2.37. The number of carbonyl (C=O) groups excluding carboxylic acids is 4. The zero-order chi connectivity index (χ0) is 27.2. The van der Waals surface area contributed by atoms with Crippen molar-refractivity contribution in [3.05, 3.63) is 105 Å². The predicted molar refractivity (Wildman–Crippen MR) is 135 cm³/mol. The van der Waals surface area contributed by atoms with Gasteiger partial charge in [0.2, 0.25) is 0 Å². The topological polar surface area (TPSA) is 145 Å². The Morgan fingerprint density at radius 1 is 1.00 bits per heavy atom. The van der Waals surface area contributed by atoms with Gasteiger partial charge in [-0.25, -0.2) is 14.5 Å². The molecule has 0 radical (unpaired) electrons. The Bertz CT molecular complexity index is 1450. The molecule has 11 nitrogen and oxygen atoms in total. The SMILES string of the molecule is CCOC(=O)c1ccc(N2C(=O)NC(=O)/C(=C\c3ccccc3OCc3ccc([N+](=O)[O-])cc3)C2=O)cc1. The van der Waals surface area contributed by atoms with E-state index in [4.69, 9.17) is 9.47 Å². The number of carbonyl (C=O) groups is 4. The molecule has 0 bridgehead atoms. The van der Waals surface area contributed by atoms with Crippen molar-refractivity contribution in [1.29, 1.82) is 0 Å². The van der Waals surface area contributed by atoms with Crippen LogP contribution in [0.4, 0.5) is 16.2 Å². The van der Waals surface area contributed by atoms with Crippen molar-refractivity contribution in [2.45, 2.75) is 13.5 Å². The molecule has 38 heavy (non-hydrogen) atoms. The number of ether oxygens (including phenoxy) is 2. The molecule has 4 rings (SSSR count). The van der Waals surface area contributed by atoms with Crippen LogP contribution in [0.25, 0.3) is 6.08 Å². The third-order valence-electron chi connectivity index (χ3n) is 5.50. The van der Waals surface area contributed by atoms with Gasteiger partial charge in [-0.1, -0.05) is 18.2 Å². The number of nitrogens with zero attached hydrogens (tertiary/aromatic N) is 2. The largest absolute Gasteiger partial charge is 0.488 e. The fourth-order valence-corrected chi connectivity index (χ4v) is 3.61. The molecule has 0 unspecified atom stereocenters. The lowest BCUT2D eigenvalue weighted by Crippen LogP contribution is -2.54. The van der Waals surface area contributed by atoms with Gasteiger partial charge < -0.3 is 9.47 Å². The number of non-ortho nitro benzene ring substituents is 1. The highest BCUT2D eigenvalue weighted by Crippen LogP contribution is 2.26. The number of barbiturate groups is 1. The van der Waals surface area contributed by atoms with E-state index in [-0.39, 0.29) is 35.7 Å². The Kier molecular flexibility index (Phi) is 7.57. The standard InChI is InChI=1S/C27H21N3O8/c1-2-37-26(33)18-9-13-20(14-10-18)29-25(32)22(24(31)28-27(29)34)15-19-5-3-4-6-23(19)38-16-17-7-11-21(12-8-17)30(35)36/h3-15H,2,16H2,1H3,(H,28,31,34)/b22-15+. The summed E-state index contributed by atoms with van der Waals surface area (Å²) in [6.07, 6.45) is 1.31. The minimum atomic E-state index is -0.927. The van der Waals surface area contributed by atoms with Crippen LogP contribution in [0.5, 0.6) is 5.75 Å². The first-order valence-electron chi connectivity index (χ1n) is 11.4. The second-order valence-electron chi connectivity index (χ2n) is 7.98. The first-order chi connectivity index (χ1) is 18.3. The molecule has 0 aliphatic carbocycles. The normalized spacial score (nSPS) is 14.3. The zero-order valence-electron chi connectivity index (χ0n) is 20.1. The van der Waals surface area contributed by atoms with Crippen LogP contribution in [-0.2, 0) is 20.9 Å². The maximum atomic E-state index is 13.2. The van der Waals surface area contributed by atoms with Crippen LogP contribution in [0.15, 0.2) is 78.4 Å². The molecule has 0 spiro atoms. The van der Waals surface area contributed by atoms with Crippen LogP contribution in [-0.4, -0.2) is 35.3 Å². The number of nitro benzene ring substituents is 1. The van der Waals surface area contributed by atoms with Gasteiger partial charge in [0, 0.05) is 17.7 Å². The Morgan fingerprint density at radius 3 is 2.34 bits per heavy atom. The Morgan fingerprint density at radius 2 is 1.68 bits per heavy atom. The number of benzene rings is 3. The minimum Gasteiger partial charge on any atom is -0.488 e. The van der Waals surface area contributed by atoms with Gasteiger partial charge in [0.25, 0.3) is 17.5 Å². The summed E-state index contributed by atoms with van der Waals surface area (Å²) < 4.78 is 10.8. The van der Waals surface area contributed by atoms with E-state index < -0.39 is 28.7 Å². The second-order valence-corrected chi connectivity index (χ2v) is 7.98. The quantitative estimate of drug-likeness (QED) is 0.156. The summed E-state index contributed by atoms with van der Waals surface area (Å²) >= 11 is 0. The zero-order valence-corrected chi connectivity index (χ0v) is 20.1. The number of amides is 4. The van der Waals surface area contributed by atoms with Crippen molar-refractivity contribution < 1.29 is 33.6 Å². The molecule has 192 valence electrons. The summed E-state index contributed by atoms with van der Waals surface area (Å²) in [7, 11) is 0. The molecule has 1 aliphatic heterocycles. The maximum absolute atomic E-state index is 13.2. The van der Waals surface area contributed by atoms with E-state index in [1.165, 1.54) is 42.5 Å². The summed E-state index contributed by atoms with van der Waals surface area (Å²) in [5, 5.41) is 13.0. The van der Waals surface area contributed by atoms with Crippen LogP contribution in [0.2, 0.25) is 0 Å². The Labute approximate surface area is 216 Å². The van der Waals surface area contributed by atoms with Crippen molar-refractivity contribution >= 4 is 41.3 Å². The Hall–Kier alpha value is -5.32. The van der Waals surface area contributed by atoms with Gasteiger partial charge >= 0.3 is 12.0 Å². The van der Waals surface area contributed by atoms with E-state index in [9.17, 15) is 29.3 Å². The van der Waals surface area contributed by atoms with E-state index in [1.54, 1.807) is 43.3 Å². The molecule has 0 atom stereocenters. The van der Waals surface area contributed by atoms with E-state index in [0.29, 0.717) is 16.9 Å². The molecule has 1 fully saturated rings. The molecule has 1 heterocycles. The molecule has 1 saturated heterocycles. The van der Waals surface area contributed by atoms with E-state index >= 15 is 0 Å². The average molecular weight is 515 g/mol. The second kappa shape index (κ2) is 11.2. The first kappa shape index (κ1) is 25.8. The predicted octanol–water partition coefficient (Wildman–Crippen LogP) is 4.02. The molecule has 3 aromatic carbocycles. The number of rotatable bonds is 8. The smallest absolute Gasteiger partial charge is 0.338 e. The van der Waals surface area contributed by atoms with Gasteiger partial charge in [-0.3, -0.25) is 25.0 Å². The van der Waals surface area contributed by atoms with E-state index in [2.05, 4.69) is 5.32 Å². The van der Waals surface area contributed by atoms with Gasteiger partial charge in [-0.15, -0.1) is 0 Å². The highest BCUT2D eigenvalue weighted by molar-refractivity contribution is 6.39. The Balaban J connectivity index is 1.57. The van der Waals surface area contributed by atoms with Gasteiger partial charge in [-0.2, -0.15) is 0 Å². The monoisotopic (exact) mass is 515 g/mol. The number of esters is 1.